The fourth-order valence-electron chi connectivity index (χ4n) is 3.21. The third-order valence-electron chi connectivity index (χ3n) is 4.45. The lowest BCUT2D eigenvalue weighted by atomic mass is 10.2. The van der Waals surface area contributed by atoms with Crippen LogP contribution < -0.4 is 5.32 Å². The van der Waals surface area contributed by atoms with Crippen molar-refractivity contribution in [2.24, 2.45) is 0 Å². The number of benzene rings is 1. The maximum absolute atomic E-state index is 12.6. The second-order valence-corrected chi connectivity index (χ2v) is 6.55. The van der Waals surface area contributed by atoms with Crippen LogP contribution in [0.5, 0.6) is 0 Å². The number of carbonyl (C=O) groups excluding carboxylic acids is 1. The van der Waals surface area contributed by atoms with E-state index in [1.807, 2.05) is 67.4 Å². The molecule has 0 saturated carbocycles. The lowest BCUT2D eigenvalue weighted by Crippen LogP contribution is -2.26. The molecule has 0 spiro atoms. The van der Waals surface area contributed by atoms with Gasteiger partial charge in [-0.25, -0.2) is 4.68 Å². The minimum absolute atomic E-state index is 0.0736. The Bertz CT molecular complexity index is 908. The Morgan fingerprint density at radius 3 is 2.46 bits per heavy atom. The molecule has 0 aliphatic heterocycles. The number of para-hydroxylation sites is 1. The third kappa shape index (κ3) is 3.69. The summed E-state index contributed by atoms with van der Waals surface area (Å²) in [4.78, 5) is 12.6. The number of nitrogens with zero attached hydrogens (tertiary/aromatic N) is 4. The fraction of sp³-hybridized carbons (Fsp3) is 0.350. The van der Waals surface area contributed by atoms with Crippen molar-refractivity contribution >= 4 is 5.91 Å². The van der Waals surface area contributed by atoms with Gasteiger partial charge in [-0.1, -0.05) is 18.2 Å². The highest BCUT2D eigenvalue weighted by atomic mass is 16.1. The van der Waals surface area contributed by atoms with Crippen LogP contribution in [0.4, 0.5) is 0 Å². The van der Waals surface area contributed by atoms with E-state index in [1.165, 1.54) is 0 Å². The Morgan fingerprint density at radius 1 is 1.08 bits per heavy atom. The van der Waals surface area contributed by atoms with E-state index < -0.39 is 0 Å². The summed E-state index contributed by atoms with van der Waals surface area (Å²) in [5.74, 6) is -0.0736. The van der Waals surface area contributed by atoms with E-state index in [9.17, 15) is 4.79 Å². The topological polar surface area (TPSA) is 64.7 Å². The maximum Gasteiger partial charge on any atom is 0.255 e. The number of nitrogens with one attached hydrogen (secondary N) is 1. The zero-order valence-electron chi connectivity index (χ0n) is 15.8. The molecule has 3 rings (SSSR count). The maximum atomic E-state index is 12.6. The fourth-order valence-corrected chi connectivity index (χ4v) is 3.21. The van der Waals surface area contributed by atoms with E-state index >= 15 is 0 Å². The van der Waals surface area contributed by atoms with Gasteiger partial charge in [-0.2, -0.15) is 10.2 Å². The molecule has 0 radical (unpaired) electrons. The van der Waals surface area contributed by atoms with Crippen LogP contribution >= 0.6 is 0 Å². The standard InChI is InChI=1S/C20H25N5O/c1-14-13-15(2)24(22-14)12-8-11-21-20(26)19-16(3)23-25(17(19)4)18-9-6-5-7-10-18/h5-7,9-10,13H,8,11-12H2,1-4H3,(H,21,26). The molecule has 2 heterocycles. The van der Waals surface area contributed by atoms with Gasteiger partial charge in [0.2, 0.25) is 0 Å². The highest BCUT2D eigenvalue weighted by Gasteiger charge is 2.19. The number of carbonyl (C=O) groups is 1. The van der Waals surface area contributed by atoms with Crippen LogP contribution in [0.15, 0.2) is 36.4 Å². The molecule has 1 N–H and O–H groups in total. The number of aromatic nitrogens is 4. The van der Waals surface area contributed by atoms with Crippen molar-refractivity contribution in [3.05, 3.63) is 64.7 Å². The van der Waals surface area contributed by atoms with Gasteiger partial charge < -0.3 is 5.32 Å². The molecule has 26 heavy (non-hydrogen) atoms. The van der Waals surface area contributed by atoms with Crippen LogP contribution in [0.1, 0.15) is 39.6 Å². The minimum atomic E-state index is -0.0736. The Hall–Kier alpha value is -2.89. The molecule has 0 bridgehead atoms. The molecule has 0 atom stereocenters. The van der Waals surface area contributed by atoms with Gasteiger partial charge in [0, 0.05) is 18.8 Å². The van der Waals surface area contributed by atoms with Gasteiger partial charge in [-0.05, 0) is 52.3 Å². The first-order chi connectivity index (χ1) is 12.5. The van der Waals surface area contributed by atoms with Crippen molar-refractivity contribution in [3.8, 4) is 5.69 Å². The van der Waals surface area contributed by atoms with E-state index in [0.29, 0.717) is 12.1 Å². The summed E-state index contributed by atoms with van der Waals surface area (Å²) in [6.07, 6.45) is 0.832. The lowest BCUT2D eigenvalue weighted by molar-refractivity contribution is 0.0951. The highest BCUT2D eigenvalue weighted by Crippen LogP contribution is 2.17. The average molecular weight is 351 g/mol. The second-order valence-electron chi connectivity index (χ2n) is 6.55. The summed E-state index contributed by atoms with van der Waals surface area (Å²) in [5, 5.41) is 12.0. The summed E-state index contributed by atoms with van der Waals surface area (Å²) in [6, 6.07) is 11.9. The average Bonchev–Trinajstić information content (AvgIpc) is 3.10. The van der Waals surface area contributed by atoms with Crippen LogP contribution in [0, 0.1) is 27.7 Å². The van der Waals surface area contributed by atoms with Crippen LogP contribution in [-0.4, -0.2) is 32.0 Å². The zero-order valence-corrected chi connectivity index (χ0v) is 15.8. The van der Waals surface area contributed by atoms with Crippen molar-refractivity contribution in [2.45, 2.75) is 40.7 Å². The number of hydrogen-bond donors (Lipinski definition) is 1. The van der Waals surface area contributed by atoms with E-state index in [4.69, 9.17) is 0 Å². The van der Waals surface area contributed by atoms with Crippen molar-refractivity contribution in [1.82, 2.24) is 24.9 Å². The summed E-state index contributed by atoms with van der Waals surface area (Å²) < 4.78 is 3.80. The molecule has 1 amide bonds. The predicted molar refractivity (Wildman–Crippen MR) is 102 cm³/mol. The molecule has 6 nitrogen and oxygen atoms in total. The third-order valence-corrected chi connectivity index (χ3v) is 4.45. The number of hydrogen-bond acceptors (Lipinski definition) is 3. The summed E-state index contributed by atoms with van der Waals surface area (Å²) in [5.41, 5.74) is 5.36. The molecule has 0 unspecified atom stereocenters. The molecule has 1 aromatic carbocycles. The molecule has 0 saturated heterocycles. The Labute approximate surface area is 153 Å². The van der Waals surface area contributed by atoms with Crippen molar-refractivity contribution in [3.63, 3.8) is 0 Å². The van der Waals surface area contributed by atoms with Gasteiger partial charge in [-0.3, -0.25) is 9.48 Å². The first-order valence-corrected chi connectivity index (χ1v) is 8.88. The van der Waals surface area contributed by atoms with E-state index in [-0.39, 0.29) is 5.91 Å². The normalized spacial score (nSPS) is 10.9. The Balaban J connectivity index is 1.63. The molecule has 136 valence electrons. The monoisotopic (exact) mass is 351 g/mol. The molecular weight excluding hydrogens is 326 g/mol. The molecule has 0 fully saturated rings. The summed E-state index contributed by atoms with van der Waals surface area (Å²) >= 11 is 0. The number of rotatable bonds is 6. The molecular formula is C20H25N5O. The molecule has 3 aromatic rings. The van der Waals surface area contributed by atoms with Crippen LogP contribution in [0.3, 0.4) is 0 Å². The van der Waals surface area contributed by atoms with Gasteiger partial charge in [0.15, 0.2) is 0 Å². The van der Waals surface area contributed by atoms with Crippen LogP contribution in [0.2, 0.25) is 0 Å². The van der Waals surface area contributed by atoms with Gasteiger partial charge in [-0.15, -0.1) is 0 Å². The van der Waals surface area contributed by atoms with Gasteiger partial charge >= 0.3 is 0 Å². The minimum Gasteiger partial charge on any atom is -0.352 e. The largest absolute Gasteiger partial charge is 0.352 e. The Kier molecular flexibility index (Phi) is 5.21. The van der Waals surface area contributed by atoms with Crippen molar-refractivity contribution in [2.75, 3.05) is 6.54 Å². The number of aryl methyl sites for hydroxylation is 4. The zero-order chi connectivity index (χ0) is 18.7. The van der Waals surface area contributed by atoms with E-state index in [1.54, 1.807) is 0 Å². The summed E-state index contributed by atoms with van der Waals surface area (Å²) in [7, 11) is 0. The molecule has 0 aliphatic rings. The van der Waals surface area contributed by atoms with Gasteiger partial charge in [0.25, 0.3) is 5.91 Å². The second kappa shape index (κ2) is 7.56. The summed E-state index contributed by atoms with van der Waals surface area (Å²) in [6.45, 7) is 9.23. The van der Waals surface area contributed by atoms with Crippen LogP contribution in [-0.2, 0) is 6.54 Å². The smallest absolute Gasteiger partial charge is 0.255 e. The first kappa shape index (κ1) is 17.9. The molecule has 2 aromatic heterocycles. The van der Waals surface area contributed by atoms with Crippen molar-refractivity contribution in [1.29, 1.82) is 0 Å². The van der Waals surface area contributed by atoms with Gasteiger partial charge in [0.1, 0.15) is 0 Å². The van der Waals surface area contributed by atoms with Crippen LogP contribution in [0.25, 0.3) is 5.69 Å². The predicted octanol–water partition coefficient (Wildman–Crippen LogP) is 3.12. The number of amides is 1. The quantitative estimate of drug-likeness (QED) is 0.694. The van der Waals surface area contributed by atoms with E-state index in [0.717, 1.165) is 41.4 Å². The molecule has 6 heteroatoms. The SMILES string of the molecule is Cc1cc(C)n(CCCNC(=O)c2c(C)nn(-c3ccccc3)c2C)n1. The molecule has 0 aliphatic carbocycles. The van der Waals surface area contributed by atoms with E-state index in [2.05, 4.69) is 21.6 Å². The lowest BCUT2D eigenvalue weighted by Gasteiger charge is -2.08. The Morgan fingerprint density at radius 2 is 1.81 bits per heavy atom. The first-order valence-electron chi connectivity index (χ1n) is 8.88. The highest BCUT2D eigenvalue weighted by molar-refractivity contribution is 5.96. The van der Waals surface area contributed by atoms with Crippen molar-refractivity contribution < 1.29 is 4.79 Å². The van der Waals surface area contributed by atoms with Gasteiger partial charge in [0.05, 0.1) is 28.3 Å².